The van der Waals surface area contributed by atoms with Crippen LogP contribution in [-0.4, -0.2) is 56.6 Å². The van der Waals surface area contributed by atoms with Crippen LogP contribution in [0.5, 0.6) is 0 Å². The Bertz CT molecular complexity index is 928. The minimum absolute atomic E-state index is 0.302. The number of carbonyl (C=O) groups excluding carboxylic acids is 1. The Hall–Kier alpha value is -1.98. The number of thiazole rings is 1. The third kappa shape index (κ3) is 6.05. The first-order valence-electron chi connectivity index (χ1n) is 9.84. The van der Waals surface area contributed by atoms with E-state index >= 15 is 0 Å². The largest absolute Gasteiger partial charge is 0.490 e. The van der Waals surface area contributed by atoms with Crippen molar-refractivity contribution in [3.63, 3.8) is 0 Å². The van der Waals surface area contributed by atoms with Gasteiger partial charge in [-0.3, -0.25) is 9.69 Å². The van der Waals surface area contributed by atoms with Crippen molar-refractivity contribution in [1.82, 2.24) is 14.8 Å². The molecular formula is C20H24F3N3O3S2. The minimum Gasteiger partial charge on any atom is -0.475 e. The van der Waals surface area contributed by atoms with Crippen molar-refractivity contribution >= 4 is 34.6 Å². The molecule has 0 spiro atoms. The monoisotopic (exact) mass is 475 g/mol. The Balaban J connectivity index is 0.000000339. The summed E-state index contributed by atoms with van der Waals surface area (Å²) < 4.78 is 31.7. The third-order valence-electron chi connectivity index (χ3n) is 5.40. The van der Waals surface area contributed by atoms with E-state index in [1.807, 2.05) is 18.3 Å². The van der Waals surface area contributed by atoms with Gasteiger partial charge in [0.05, 0.1) is 17.2 Å². The summed E-state index contributed by atoms with van der Waals surface area (Å²) in [6, 6.07) is 5.31. The molecule has 31 heavy (non-hydrogen) atoms. The van der Waals surface area contributed by atoms with Gasteiger partial charge in [0.15, 0.2) is 0 Å². The van der Waals surface area contributed by atoms with Crippen LogP contribution in [0.3, 0.4) is 0 Å². The standard InChI is InChI=1S/C18H23N3OS2.C2HF3O2/c1-12-3-4-15(24-12)10-20-8-7-17-16(20)5-6-18(22)21(17)9-14-11-23-13(2)19-14;3-2(4,5)1(6)7/h3-4,11,16-17H,5-10H2,1-2H3;(H,6,7)/t16-,17-;/m1./s1. The molecule has 0 aliphatic carbocycles. The number of carboxylic acid groups (broad SMARTS) is 1. The topological polar surface area (TPSA) is 73.7 Å². The molecule has 0 saturated carbocycles. The summed E-state index contributed by atoms with van der Waals surface area (Å²) in [5, 5.41) is 10.3. The minimum atomic E-state index is -5.08. The van der Waals surface area contributed by atoms with Crippen molar-refractivity contribution < 1.29 is 27.9 Å². The lowest BCUT2D eigenvalue weighted by Crippen LogP contribution is -2.51. The van der Waals surface area contributed by atoms with Crippen LogP contribution in [-0.2, 0) is 22.7 Å². The number of hydrogen-bond donors (Lipinski definition) is 1. The predicted molar refractivity (Wildman–Crippen MR) is 112 cm³/mol. The molecule has 2 aliphatic rings. The first-order valence-corrected chi connectivity index (χ1v) is 11.5. The number of amides is 1. The molecule has 1 N–H and O–H groups in total. The molecule has 0 aromatic carbocycles. The second-order valence-corrected chi connectivity index (χ2v) is 10.1. The molecule has 2 aromatic rings. The number of halogens is 3. The quantitative estimate of drug-likeness (QED) is 0.717. The molecule has 170 valence electrons. The van der Waals surface area contributed by atoms with Crippen LogP contribution < -0.4 is 0 Å². The maximum absolute atomic E-state index is 12.5. The van der Waals surface area contributed by atoms with E-state index in [1.54, 1.807) is 11.3 Å². The van der Waals surface area contributed by atoms with E-state index in [0.717, 1.165) is 36.6 Å². The van der Waals surface area contributed by atoms with Gasteiger partial charge in [0, 0.05) is 46.7 Å². The number of aryl methyl sites for hydroxylation is 2. The maximum atomic E-state index is 12.5. The lowest BCUT2D eigenvalue weighted by molar-refractivity contribution is -0.192. The number of alkyl halides is 3. The van der Waals surface area contributed by atoms with E-state index in [0.29, 0.717) is 31.0 Å². The van der Waals surface area contributed by atoms with Crippen molar-refractivity contribution in [2.24, 2.45) is 0 Å². The van der Waals surface area contributed by atoms with Gasteiger partial charge in [-0.25, -0.2) is 9.78 Å². The normalized spacial score (nSPS) is 21.6. The number of piperidine rings is 1. The first-order chi connectivity index (χ1) is 14.5. The Kier molecular flexibility index (Phi) is 7.38. The molecule has 4 rings (SSSR count). The maximum Gasteiger partial charge on any atom is 0.490 e. The van der Waals surface area contributed by atoms with E-state index < -0.39 is 12.1 Å². The fourth-order valence-corrected chi connectivity index (χ4v) is 5.59. The van der Waals surface area contributed by atoms with E-state index in [2.05, 4.69) is 39.2 Å². The van der Waals surface area contributed by atoms with Crippen LogP contribution in [0.2, 0.25) is 0 Å². The van der Waals surface area contributed by atoms with Crippen LogP contribution in [0.4, 0.5) is 13.2 Å². The predicted octanol–water partition coefficient (Wildman–Crippen LogP) is 4.22. The van der Waals surface area contributed by atoms with Crippen LogP contribution in [0.25, 0.3) is 0 Å². The SMILES string of the molecule is Cc1ccc(CN2CC[C@@H]3[C@H]2CCC(=O)N3Cc2csc(C)n2)s1.O=C(O)C(F)(F)F. The highest BCUT2D eigenvalue weighted by Gasteiger charge is 2.43. The second kappa shape index (κ2) is 9.66. The number of aliphatic carboxylic acids is 1. The summed E-state index contributed by atoms with van der Waals surface area (Å²) in [5.74, 6) is -2.46. The molecule has 2 aromatic heterocycles. The number of carboxylic acids is 1. The molecule has 11 heteroatoms. The van der Waals surface area contributed by atoms with Crippen LogP contribution in [0.15, 0.2) is 17.5 Å². The van der Waals surface area contributed by atoms with Crippen LogP contribution in [0.1, 0.15) is 39.7 Å². The molecule has 4 heterocycles. The lowest BCUT2D eigenvalue weighted by Gasteiger charge is -2.39. The van der Waals surface area contributed by atoms with Gasteiger partial charge in [-0.2, -0.15) is 13.2 Å². The average molecular weight is 476 g/mol. The van der Waals surface area contributed by atoms with Gasteiger partial charge in [-0.15, -0.1) is 22.7 Å². The van der Waals surface area contributed by atoms with E-state index in [4.69, 9.17) is 9.90 Å². The van der Waals surface area contributed by atoms with Crippen molar-refractivity contribution in [3.05, 3.63) is 38.0 Å². The van der Waals surface area contributed by atoms with E-state index in [1.165, 1.54) is 9.75 Å². The first kappa shape index (κ1) is 23.7. The Labute approximate surface area is 186 Å². The van der Waals surface area contributed by atoms with Crippen LogP contribution in [0, 0.1) is 13.8 Å². The summed E-state index contributed by atoms with van der Waals surface area (Å²) >= 11 is 3.56. The van der Waals surface area contributed by atoms with Gasteiger partial charge in [-0.1, -0.05) is 0 Å². The third-order valence-corrected chi connectivity index (χ3v) is 7.20. The lowest BCUT2D eigenvalue weighted by atomic mass is 9.96. The van der Waals surface area contributed by atoms with Gasteiger partial charge in [0.25, 0.3) is 0 Å². The molecule has 2 aliphatic heterocycles. The van der Waals surface area contributed by atoms with E-state index in [-0.39, 0.29) is 0 Å². The van der Waals surface area contributed by atoms with Gasteiger partial charge in [-0.05, 0) is 38.8 Å². The number of carbonyl (C=O) groups is 2. The second-order valence-electron chi connectivity index (χ2n) is 7.63. The number of rotatable bonds is 4. The van der Waals surface area contributed by atoms with Crippen molar-refractivity contribution in [1.29, 1.82) is 0 Å². The van der Waals surface area contributed by atoms with Crippen molar-refractivity contribution in [3.8, 4) is 0 Å². The fourth-order valence-electron chi connectivity index (χ4n) is 4.07. The number of likely N-dealkylation sites (tertiary alicyclic amines) is 2. The highest BCUT2D eigenvalue weighted by Crippen LogP contribution is 2.34. The number of aromatic nitrogens is 1. The van der Waals surface area contributed by atoms with Gasteiger partial charge >= 0.3 is 12.1 Å². The highest BCUT2D eigenvalue weighted by molar-refractivity contribution is 7.11. The van der Waals surface area contributed by atoms with Gasteiger partial charge in [0.1, 0.15) is 0 Å². The molecule has 2 fully saturated rings. The summed E-state index contributed by atoms with van der Waals surface area (Å²) in [5.41, 5.74) is 1.04. The summed E-state index contributed by atoms with van der Waals surface area (Å²) in [6.45, 7) is 6.98. The van der Waals surface area contributed by atoms with Crippen molar-refractivity contribution in [2.45, 2.75) is 64.5 Å². The molecule has 0 unspecified atom stereocenters. The van der Waals surface area contributed by atoms with E-state index in [9.17, 15) is 18.0 Å². The van der Waals surface area contributed by atoms with Gasteiger partial charge in [0.2, 0.25) is 5.91 Å². The van der Waals surface area contributed by atoms with Gasteiger partial charge < -0.3 is 10.0 Å². The molecule has 2 saturated heterocycles. The summed E-state index contributed by atoms with van der Waals surface area (Å²) in [4.78, 5) is 33.4. The number of hydrogen-bond acceptors (Lipinski definition) is 6. The number of nitrogens with zero attached hydrogens (tertiary/aromatic N) is 3. The Morgan fingerprint density at radius 1 is 1.23 bits per heavy atom. The Morgan fingerprint density at radius 3 is 2.48 bits per heavy atom. The molecule has 1 amide bonds. The smallest absolute Gasteiger partial charge is 0.475 e. The fraction of sp³-hybridized carbons (Fsp3) is 0.550. The average Bonchev–Trinajstić information content (AvgIpc) is 3.39. The van der Waals surface area contributed by atoms with Crippen molar-refractivity contribution in [2.75, 3.05) is 6.54 Å². The molecule has 2 atom stereocenters. The molecular weight excluding hydrogens is 451 g/mol. The zero-order valence-corrected chi connectivity index (χ0v) is 18.8. The van der Waals surface area contributed by atoms with Crippen LogP contribution >= 0.6 is 22.7 Å². The zero-order valence-electron chi connectivity index (χ0n) is 17.2. The Morgan fingerprint density at radius 2 is 1.94 bits per heavy atom. The molecule has 0 bridgehead atoms. The number of fused-ring (bicyclic) bond motifs is 1. The highest BCUT2D eigenvalue weighted by atomic mass is 32.1. The zero-order chi connectivity index (χ0) is 22.8. The summed E-state index contributed by atoms with van der Waals surface area (Å²) in [6.07, 6.45) is -2.32. The number of thiophene rings is 1. The molecule has 0 radical (unpaired) electrons. The summed E-state index contributed by atoms with van der Waals surface area (Å²) in [7, 11) is 0. The molecule has 6 nitrogen and oxygen atoms in total.